The Hall–Kier alpha value is -2.17. The summed E-state index contributed by atoms with van der Waals surface area (Å²) < 4.78 is 27.1. The van der Waals surface area contributed by atoms with Gasteiger partial charge in [-0.3, -0.25) is 10.4 Å². The van der Waals surface area contributed by atoms with Gasteiger partial charge in [0.15, 0.2) is 17.0 Å². The third kappa shape index (κ3) is 5.41. The first-order valence-electron chi connectivity index (χ1n) is 7.66. The molecule has 1 aliphatic rings. The number of halogens is 1. The Balaban J connectivity index is 1.97. The molecule has 1 aliphatic carbocycles. The highest BCUT2D eigenvalue weighted by Crippen LogP contribution is 2.38. The van der Waals surface area contributed by atoms with E-state index in [2.05, 4.69) is 14.7 Å². The summed E-state index contributed by atoms with van der Waals surface area (Å²) in [6.45, 7) is 1.96. The SMILES string of the molecule is Cc1cc(N=C(N)C(=N)C(N)=NCCC2(NS(N)=O)CC2)ccc1F. The van der Waals surface area contributed by atoms with Gasteiger partial charge in [-0.25, -0.2) is 23.5 Å². The molecule has 0 bridgehead atoms. The number of benzene rings is 1. The van der Waals surface area contributed by atoms with Crippen molar-refractivity contribution in [3.05, 3.63) is 29.6 Å². The molecule has 0 saturated heterocycles. The number of nitrogens with one attached hydrogen (secondary N) is 2. The van der Waals surface area contributed by atoms with Crippen molar-refractivity contribution in [2.45, 2.75) is 31.7 Å². The molecule has 1 saturated carbocycles. The number of nitrogens with two attached hydrogens (primary N) is 3. The average Bonchev–Trinajstić information content (AvgIpc) is 3.28. The van der Waals surface area contributed by atoms with Crippen molar-refractivity contribution in [3.8, 4) is 0 Å². The zero-order valence-corrected chi connectivity index (χ0v) is 14.7. The zero-order valence-electron chi connectivity index (χ0n) is 13.9. The number of aliphatic imine (C=N–C) groups is 2. The number of rotatable bonds is 8. The summed E-state index contributed by atoms with van der Waals surface area (Å²) in [7, 11) is 0. The van der Waals surface area contributed by atoms with Crippen LogP contribution in [0.15, 0.2) is 28.2 Å². The minimum atomic E-state index is -1.57. The molecule has 1 aromatic rings. The second-order valence-electron chi connectivity index (χ2n) is 6.00. The molecule has 1 atom stereocenters. The van der Waals surface area contributed by atoms with E-state index in [1.54, 1.807) is 6.92 Å². The lowest BCUT2D eigenvalue weighted by Crippen LogP contribution is -2.38. The molecule has 2 rings (SSSR count). The second-order valence-corrected chi connectivity index (χ2v) is 6.80. The van der Waals surface area contributed by atoms with Crippen LogP contribution in [0, 0.1) is 18.2 Å². The summed E-state index contributed by atoms with van der Waals surface area (Å²) in [5.74, 6) is -0.478. The smallest absolute Gasteiger partial charge is 0.164 e. The molecule has 10 heteroatoms. The molecule has 8 N–H and O–H groups in total. The van der Waals surface area contributed by atoms with E-state index in [0.29, 0.717) is 24.2 Å². The fourth-order valence-electron chi connectivity index (χ4n) is 2.26. The van der Waals surface area contributed by atoms with E-state index in [-0.39, 0.29) is 28.7 Å². The molecule has 1 unspecified atom stereocenters. The van der Waals surface area contributed by atoms with E-state index in [1.165, 1.54) is 18.2 Å². The molecule has 1 fully saturated rings. The Bertz CT molecular complexity index is 758. The predicted molar refractivity (Wildman–Crippen MR) is 98.7 cm³/mol. The van der Waals surface area contributed by atoms with Gasteiger partial charge in [-0.2, -0.15) is 0 Å². The molecule has 1 aromatic carbocycles. The zero-order chi connectivity index (χ0) is 18.6. The quantitative estimate of drug-likeness (QED) is 0.336. The maximum absolute atomic E-state index is 13.2. The molecule has 8 nitrogen and oxygen atoms in total. The van der Waals surface area contributed by atoms with E-state index in [9.17, 15) is 8.60 Å². The van der Waals surface area contributed by atoms with E-state index in [4.69, 9.17) is 22.0 Å². The Morgan fingerprint density at radius 3 is 2.64 bits per heavy atom. The Morgan fingerprint density at radius 1 is 1.40 bits per heavy atom. The van der Waals surface area contributed by atoms with Gasteiger partial charge in [0.05, 0.1) is 5.69 Å². The van der Waals surface area contributed by atoms with Gasteiger partial charge >= 0.3 is 0 Å². The summed E-state index contributed by atoms with van der Waals surface area (Å²) in [4.78, 5) is 8.18. The van der Waals surface area contributed by atoms with Gasteiger partial charge in [-0.05, 0) is 49.9 Å². The normalized spacial score (nSPS) is 18.0. The van der Waals surface area contributed by atoms with E-state index in [0.717, 1.165) is 12.8 Å². The molecule has 0 aromatic heterocycles. The molecule has 0 aliphatic heterocycles. The molecular formula is C15H22FN7OS. The van der Waals surface area contributed by atoms with Crippen LogP contribution in [-0.2, 0) is 11.2 Å². The lowest BCUT2D eigenvalue weighted by Gasteiger charge is -2.13. The fraction of sp³-hybridized carbons (Fsp3) is 0.400. The fourth-order valence-corrected chi connectivity index (χ4v) is 2.99. The highest BCUT2D eigenvalue weighted by atomic mass is 32.2. The lowest BCUT2D eigenvalue weighted by molar-refractivity contribution is 0.561. The van der Waals surface area contributed by atoms with Crippen molar-refractivity contribution in [2.75, 3.05) is 6.54 Å². The largest absolute Gasteiger partial charge is 0.382 e. The molecular weight excluding hydrogens is 345 g/mol. The van der Waals surface area contributed by atoms with Crippen LogP contribution in [0.2, 0.25) is 0 Å². The monoisotopic (exact) mass is 367 g/mol. The minimum Gasteiger partial charge on any atom is -0.382 e. The Labute approximate surface area is 148 Å². The van der Waals surface area contributed by atoms with Crippen LogP contribution in [0.1, 0.15) is 24.8 Å². The maximum atomic E-state index is 13.2. The highest BCUT2D eigenvalue weighted by molar-refractivity contribution is 7.80. The summed E-state index contributed by atoms with van der Waals surface area (Å²) in [5, 5.41) is 13.2. The van der Waals surface area contributed by atoms with Gasteiger partial charge in [-0.15, -0.1) is 0 Å². The van der Waals surface area contributed by atoms with E-state index >= 15 is 0 Å². The van der Waals surface area contributed by atoms with Crippen LogP contribution >= 0.6 is 0 Å². The lowest BCUT2D eigenvalue weighted by atomic mass is 10.2. The third-order valence-corrected chi connectivity index (χ3v) is 4.58. The van der Waals surface area contributed by atoms with Crippen molar-refractivity contribution < 1.29 is 8.60 Å². The molecule has 0 amide bonds. The first-order chi connectivity index (χ1) is 11.7. The van der Waals surface area contributed by atoms with Gasteiger partial charge < -0.3 is 11.5 Å². The van der Waals surface area contributed by atoms with Crippen molar-refractivity contribution in [1.82, 2.24) is 4.72 Å². The van der Waals surface area contributed by atoms with Crippen LogP contribution in [0.4, 0.5) is 10.1 Å². The number of hydrogen-bond donors (Lipinski definition) is 5. The number of hydrogen-bond acceptors (Lipinski definition) is 4. The first kappa shape index (κ1) is 19.2. The molecule has 25 heavy (non-hydrogen) atoms. The van der Waals surface area contributed by atoms with Crippen LogP contribution in [-0.4, -0.2) is 33.7 Å². The molecule has 0 radical (unpaired) electrons. The number of nitrogens with zero attached hydrogens (tertiary/aromatic N) is 2. The first-order valence-corrected chi connectivity index (χ1v) is 8.87. The number of amidine groups is 2. The van der Waals surface area contributed by atoms with Gasteiger partial charge in [0.2, 0.25) is 0 Å². The van der Waals surface area contributed by atoms with Gasteiger partial charge in [0, 0.05) is 12.1 Å². The molecule has 0 spiro atoms. The molecule has 136 valence electrons. The summed E-state index contributed by atoms with van der Waals surface area (Å²) in [6, 6.07) is 4.27. The standard InChI is InChI=1S/C15H22FN7OS/c1-9-8-10(2-3-11(9)16)22-14(19)12(17)13(18)21-7-6-15(4-5-15)23-25(20)24/h2-3,8,17,23H,4-7,20H2,1H3,(H2,18,21)(H2,19,22). The summed E-state index contributed by atoms with van der Waals surface area (Å²) in [5.41, 5.74) is 12.0. The summed E-state index contributed by atoms with van der Waals surface area (Å²) in [6.07, 6.45) is 2.35. The third-order valence-electron chi connectivity index (χ3n) is 3.95. The molecule has 0 heterocycles. The van der Waals surface area contributed by atoms with E-state index in [1.807, 2.05) is 0 Å². The topological polar surface area (TPSA) is 156 Å². The average molecular weight is 367 g/mol. The van der Waals surface area contributed by atoms with Crippen LogP contribution in [0.25, 0.3) is 0 Å². The number of aryl methyl sites for hydroxylation is 1. The Kier molecular flexibility index (Phi) is 5.98. The van der Waals surface area contributed by atoms with Crippen molar-refractivity contribution in [2.24, 2.45) is 26.6 Å². The predicted octanol–water partition coefficient (Wildman–Crippen LogP) is 0.549. The Morgan fingerprint density at radius 2 is 2.08 bits per heavy atom. The van der Waals surface area contributed by atoms with Crippen LogP contribution in [0.3, 0.4) is 0 Å². The van der Waals surface area contributed by atoms with Gasteiger partial charge in [-0.1, -0.05) is 0 Å². The maximum Gasteiger partial charge on any atom is 0.164 e. The van der Waals surface area contributed by atoms with Gasteiger partial charge in [0.1, 0.15) is 17.4 Å². The van der Waals surface area contributed by atoms with Crippen molar-refractivity contribution in [3.63, 3.8) is 0 Å². The second kappa shape index (κ2) is 7.81. The van der Waals surface area contributed by atoms with Crippen LogP contribution < -0.4 is 21.3 Å². The van der Waals surface area contributed by atoms with Gasteiger partial charge in [0.25, 0.3) is 0 Å². The highest BCUT2D eigenvalue weighted by Gasteiger charge is 2.42. The summed E-state index contributed by atoms with van der Waals surface area (Å²) >= 11 is -1.57. The minimum absolute atomic E-state index is 0.0373. The van der Waals surface area contributed by atoms with Crippen molar-refractivity contribution in [1.29, 1.82) is 5.41 Å². The van der Waals surface area contributed by atoms with Crippen LogP contribution in [0.5, 0.6) is 0 Å². The van der Waals surface area contributed by atoms with Crippen molar-refractivity contribution >= 4 is 34.2 Å². The van der Waals surface area contributed by atoms with E-state index < -0.39 is 11.2 Å².